The number of aliphatic hydroxyl groups excluding tert-OH is 1. The number of rotatable bonds is 1. The van der Waals surface area contributed by atoms with Crippen LogP contribution < -0.4 is 0 Å². The highest BCUT2D eigenvalue weighted by molar-refractivity contribution is 4.65. The van der Waals surface area contributed by atoms with Crippen LogP contribution in [0, 0.1) is 5.92 Å². The molecule has 1 rings (SSSR count). The first kappa shape index (κ1) is 7.03. The molecule has 1 N–H and O–H groups in total. The first-order chi connectivity index (χ1) is 4.33. The lowest BCUT2D eigenvalue weighted by atomic mass is 10.0. The largest absolute Gasteiger partial charge is 0.396 e. The molecule has 2 nitrogen and oxygen atoms in total. The van der Waals surface area contributed by atoms with Gasteiger partial charge in [-0.2, -0.15) is 0 Å². The van der Waals surface area contributed by atoms with E-state index in [4.69, 9.17) is 9.84 Å². The highest BCUT2D eigenvalue weighted by Gasteiger charge is 2.16. The topological polar surface area (TPSA) is 29.5 Å². The van der Waals surface area contributed by atoms with Crippen molar-refractivity contribution in [2.75, 3.05) is 13.2 Å². The fourth-order valence-corrected chi connectivity index (χ4v) is 1.08. The number of hydrogen-bond donors (Lipinski definition) is 1. The van der Waals surface area contributed by atoms with E-state index in [1.54, 1.807) is 0 Å². The second kappa shape index (κ2) is 3.18. The van der Waals surface area contributed by atoms with Crippen LogP contribution in [0.3, 0.4) is 0 Å². The average molecular weight is 130 g/mol. The van der Waals surface area contributed by atoms with Crippen molar-refractivity contribution in [2.45, 2.75) is 25.9 Å². The molecule has 0 aromatic heterocycles. The normalized spacial score (nSPS) is 36.7. The van der Waals surface area contributed by atoms with Gasteiger partial charge in [0.15, 0.2) is 0 Å². The van der Waals surface area contributed by atoms with Gasteiger partial charge in [-0.3, -0.25) is 0 Å². The van der Waals surface area contributed by atoms with Crippen LogP contribution in [-0.2, 0) is 4.74 Å². The van der Waals surface area contributed by atoms with Crippen molar-refractivity contribution in [3.05, 3.63) is 0 Å². The molecule has 1 saturated heterocycles. The van der Waals surface area contributed by atoms with Crippen LogP contribution in [0.5, 0.6) is 0 Å². The Kier molecular flexibility index (Phi) is 2.49. The predicted molar refractivity (Wildman–Crippen MR) is 35.2 cm³/mol. The average Bonchev–Trinajstić information content (AvgIpc) is 1.90. The van der Waals surface area contributed by atoms with Crippen molar-refractivity contribution < 1.29 is 9.84 Å². The van der Waals surface area contributed by atoms with Crippen molar-refractivity contribution in [3.8, 4) is 0 Å². The zero-order valence-corrected chi connectivity index (χ0v) is 5.84. The standard InChI is InChI=1S/C7H14O2/c1-6-2-3-7(4-8)5-9-6/h6-8H,2-5H2,1H3/t6-,7-/m1/s1. The molecule has 0 aromatic rings. The minimum Gasteiger partial charge on any atom is -0.396 e. The third kappa shape index (κ3) is 1.95. The molecule has 9 heavy (non-hydrogen) atoms. The van der Waals surface area contributed by atoms with Crippen LogP contribution in [0.4, 0.5) is 0 Å². The van der Waals surface area contributed by atoms with Crippen molar-refractivity contribution in [1.29, 1.82) is 0 Å². The quantitative estimate of drug-likeness (QED) is 0.568. The number of hydrogen-bond acceptors (Lipinski definition) is 2. The van der Waals surface area contributed by atoms with E-state index in [1.165, 1.54) is 0 Å². The van der Waals surface area contributed by atoms with Crippen LogP contribution >= 0.6 is 0 Å². The Hall–Kier alpha value is -0.0800. The predicted octanol–water partition coefficient (Wildman–Crippen LogP) is 0.794. The van der Waals surface area contributed by atoms with Crippen molar-refractivity contribution in [1.82, 2.24) is 0 Å². The SMILES string of the molecule is C[C@@H]1CC[C@H](CO)CO1. The zero-order valence-electron chi connectivity index (χ0n) is 5.84. The summed E-state index contributed by atoms with van der Waals surface area (Å²) >= 11 is 0. The molecule has 0 spiro atoms. The molecular formula is C7H14O2. The van der Waals surface area contributed by atoms with Crippen LogP contribution in [0.25, 0.3) is 0 Å². The second-order valence-corrected chi connectivity index (χ2v) is 2.77. The molecule has 2 atom stereocenters. The third-order valence-electron chi connectivity index (χ3n) is 1.86. The monoisotopic (exact) mass is 130 g/mol. The Bertz CT molecular complexity index is 75.0. The van der Waals surface area contributed by atoms with E-state index in [0.717, 1.165) is 19.4 Å². The Labute approximate surface area is 55.8 Å². The van der Waals surface area contributed by atoms with Gasteiger partial charge in [0, 0.05) is 12.5 Å². The van der Waals surface area contributed by atoms with E-state index in [-0.39, 0.29) is 6.61 Å². The smallest absolute Gasteiger partial charge is 0.0547 e. The fourth-order valence-electron chi connectivity index (χ4n) is 1.08. The van der Waals surface area contributed by atoms with E-state index < -0.39 is 0 Å². The molecule has 0 bridgehead atoms. The third-order valence-corrected chi connectivity index (χ3v) is 1.86. The maximum absolute atomic E-state index is 8.70. The van der Waals surface area contributed by atoms with Gasteiger partial charge in [-0.1, -0.05) is 0 Å². The summed E-state index contributed by atoms with van der Waals surface area (Å²) < 4.78 is 5.32. The molecule has 2 heteroatoms. The molecule has 1 fully saturated rings. The molecular weight excluding hydrogens is 116 g/mol. The molecule has 54 valence electrons. The summed E-state index contributed by atoms with van der Waals surface area (Å²) in [5.74, 6) is 0.404. The maximum Gasteiger partial charge on any atom is 0.0547 e. The Morgan fingerprint density at radius 1 is 1.56 bits per heavy atom. The van der Waals surface area contributed by atoms with Crippen LogP contribution in [0.1, 0.15) is 19.8 Å². The van der Waals surface area contributed by atoms with Gasteiger partial charge in [0.2, 0.25) is 0 Å². The van der Waals surface area contributed by atoms with Gasteiger partial charge in [0.1, 0.15) is 0 Å². The van der Waals surface area contributed by atoms with Crippen molar-refractivity contribution in [3.63, 3.8) is 0 Å². The van der Waals surface area contributed by atoms with E-state index >= 15 is 0 Å². The van der Waals surface area contributed by atoms with E-state index in [9.17, 15) is 0 Å². The molecule has 0 amide bonds. The van der Waals surface area contributed by atoms with Gasteiger partial charge in [-0.05, 0) is 19.8 Å². The van der Waals surface area contributed by atoms with Crippen LogP contribution in [0.15, 0.2) is 0 Å². The Morgan fingerprint density at radius 2 is 2.33 bits per heavy atom. The minimum atomic E-state index is 0.284. The van der Waals surface area contributed by atoms with Gasteiger partial charge in [-0.25, -0.2) is 0 Å². The first-order valence-corrected chi connectivity index (χ1v) is 3.55. The number of ether oxygens (including phenoxy) is 1. The van der Waals surface area contributed by atoms with Crippen LogP contribution in [-0.4, -0.2) is 24.4 Å². The highest BCUT2D eigenvalue weighted by Crippen LogP contribution is 2.17. The van der Waals surface area contributed by atoms with Gasteiger partial charge >= 0.3 is 0 Å². The van der Waals surface area contributed by atoms with E-state index in [2.05, 4.69) is 6.92 Å². The summed E-state index contributed by atoms with van der Waals surface area (Å²) in [5, 5.41) is 8.70. The lowest BCUT2D eigenvalue weighted by molar-refractivity contribution is -0.0202. The first-order valence-electron chi connectivity index (χ1n) is 3.55. The summed E-state index contributed by atoms with van der Waals surface area (Å²) in [7, 11) is 0. The molecule has 1 aliphatic rings. The van der Waals surface area contributed by atoms with E-state index in [0.29, 0.717) is 12.0 Å². The molecule has 1 heterocycles. The molecule has 0 saturated carbocycles. The van der Waals surface area contributed by atoms with Crippen LogP contribution in [0.2, 0.25) is 0 Å². The summed E-state index contributed by atoms with van der Waals surface area (Å²) in [5.41, 5.74) is 0. The summed E-state index contributed by atoms with van der Waals surface area (Å²) in [6.07, 6.45) is 2.64. The molecule has 1 aliphatic heterocycles. The van der Waals surface area contributed by atoms with Gasteiger partial charge in [-0.15, -0.1) is 0 Å². The molecule has 0 radical (unpaired) electrons. The zero-order chi connectivity index (χ0) is 6.69. The number of aliphatic hydroxyl groups is 1. The molecule has 0 unspecified atom stereocenters. The highest BCUT2D eigenvalue weighted by atomic mass is 16.5. The second-order valence-electron chi connectivity index (χ2n) is 2.77. The van der Waals surface area contributed by atoms with Gasteiger partial charge < -0.3 is 9.84 Å². The molecule has 0 aromatic carbocycles. The summed E-state index contributed by atoms with van der Waals surface area (Å²) in [6.45, 7) is 3.11. The van der Waals surface area contributed by atoms with Gasteiger partial charge in [0.25, 0.3) is 0 Å². The van der Waals surface area contributed by atoms with E-state index in [1.807, 2.05) is 0 Å². The van der Waals surface area contributed by atoms with Crippen molar-refractivity contribution >= 4 is 0 Å². The lowest BCUT2D eigenvalue weighted by Gasteiger charge is -2.24. The summed E-state index contributed by atoms with van der Waals surface area (Å²) in [6, 6.07) is 0. The fraction of sp³-hybridized carbons (Fsp3) is 1.00. The summed E-state index contributed by atoms with van der Waals surface area (Å²) in [4.78, 5) is 0. The molecule has 0 aliphatic carbocycles. The lowest BCUT2D eigenvalue weighted by Crippen LogP contribution is -2.25. The van der Waals surface area contributed by atoms with Crippen molar-refractivity contribution in [2.24, 2.45) is 5.92 Å². The maximum atomic E-state index is 8.70. The van der Waals surface area contributed by atoms with Gasteiger partial charge in [0.05, 0.1) is 12.7 Å². The minimum absolute atomic E-state index is 0.284. The Morgan fingerprint density at radius 3 is 2.78 bits per heavy atom. The Balaban J connectivity index is 2.18.